The summed E-state index contributed by atoms with van der Waals surface area (Å²) < 4.78 is 0. The molecule has 0 fully saturated rings. The van der Waals surface area contributed by atoms with Crippen molar-refractivity contribution in [3.05, 3.63) is 72.2 Å². The topological polar surface area (TPSA) is 76.7 Å². The molecule has 6 heteroatoms. The Morgan fingerprint density at radius 1 is 0.926 bits per heavy atom. The van der Waals surface area contributed by atoms with Gasteiger partial charge in [-0.25, -0.2) is 9.97 Å². The molecular formula is C21H19N5S. The van der Waals surface area contributed by atoms with Gasteiger partial charge < -0.3 is 11.1 Å². The second-order valence-electron chi connectivity index (χ2n) is 6.25. The lowest BCUT2D eigenvalue weighted by atomic mass is 10.1. The first-order chi connectivity index (χ1) is 13.1. The zero-order valence-corrected chi connectivity index (χ0v) is 15.9. The molecule has 0 radical (unpaired) electrons. The van der Waals surface area contributed by atoms with Crippen LogP contribution in [0.4, 0.5) is 17.2 Å². The maximum Gasteiger partial charge on any atom is 0.158 e. The van der Waals surface area contributed by atoms with Crippen molar-refractivity contribution in [2.75, 3.05) is 11.1 Å². The summed E-state index contributed by atoms with van der Waals surface area (Å²) in [5, 5.41) is 5.13. The first kappa shape index (κ1) is 17.3. The second kappa shape index (κ2) is 7.25. The molecule has 0 unspecified atom stereocenters. The molecule has 2 aromatic carbocycles. The maximum atomic E-state index is 6.38. The zero-order chi connectivity index (χ0) is 18.8. The number of pyridine rings is 1. The molecule has 0 aliphatic carbocycles. The predicted molar refractivity (Wildman–Crippen MR) is 112 cm³/mol. The van der Waals surface area contributed by atoms with Crippen molar-refractivity contribution < 1.29 is 0 Å². The fourth-order valence-electron chi connectivity index (χ4n) is 2.84. The van der Waals surface area contributed by atoms with E-state index in [1.165, 1.54) is 29.2 Å². The Morgan fingerprint density at radius 2 is 1.74 bits per heavy atom. The minimum atomic E-state index is 0.524. The molecule has 3 N–H and O–H groups in total. The van der Waals surface area contributed by atoms with Gasteiger partial charge in [-0.05, 0) is 43.2 Å². The Hall–Kier alpha value is -3.12. The van der Waals surface area contributed by atoms with Gasteiger partial charge in [-0.3, -0.25) is 4.98 Å². The van der Waals surface area contributed by atoms with Gasteiger partial charge in [0.15, 0.2) is 5.82 Å². The van der Waals surface area contributed by atoms with Crippen LogP contribution in [-0.4, -0.2) is 15.0 Å². The summed E-state index contributed by atoms with van der Waals surface area (Å²) in [4.78, 5) is 14.2. The number of hydrogen-bond acceptors (Lipinski definition) is 6. The number of nitrogens with one attached hydrogen (secondary N) is 1. The molecular weight excluding hydrogens is 354 g/mol. The molecule has 0 amide bonds. The monoisotopic (exact) mass is 373 g/mol. The first-order valence-electron chi connectivity index (χ1n) is 8.59. The Kier molecular flexibility index (Phi) is 4.64. The Labute approximate surface area is 162 Å². The van der Waals surface area contributed by atoms with E-state index in [4.69, 9.17) is 5.73 Å². The van der Waals surface area contributed by atoms with Crippen LogP contribution in [0.2, 0.25) is 0 Å². The van der Waals surface area contributed by atoms with Gasteiger partial charge in [-0.1, -0.05) is 42.1 Å². The van der Waals surface area contributed by atoms with Crippen LogP contribution >= 0.6 is 11.8 Å². The highest BCUT2D eigenvalue weighted by molar-refractivity contribution is 7.99. The summed E-state index contributed by atoms with van der Waals surface area (Å²) in [5.74, 6) is 0.606. The van der Waals surface area contributed by atoms with Crippen molar-refractivity contribution in [2.24, 2.45) is 0 Å². The van der Waals surface area contributed by atoms with E-state index in [9.17, 15) is 0 Å². The Bertz CT molecular complexity index is 1120. The fraction of sp³-hybridized carbons (Fsp3) is 0.0952. The minimum Gasteiger partial charge on any atom is -0.394 e. The average Bonchev–Trinajstić information content (AvgIpc) is 2.69. The summed E-state index contributed by atoms with van der Waals surface area (Å²) in [6.45, 7) is 4.16. The molecule has 0 saturated heterocycles. The summed E-state index contributed by atoms with van der Waals surface area (Å²) in [6, 6.07) is 16.2. The molecule has 5 nitrogen and oxygen atoms in total. The molecule has 0 atom stereocenters. The molecule has 0 bridgehead atoms. The molecule has 0 aliphatic rings. The van der Waals surface area contributed by atoms with E-state index < -0.39 is 0 Å². The van der Waals surface area contributed by atoms with E-state index in [2.05, 4.69) is 40.2 Å². The third kappa shape index (κ3) is 3.44. The number of anilines is 3. The molecule has 4 rings (SSSR count). The van der Waals surface area contributed by atoms with Crippen molar-refractivity contribution in [2.45, 2.75) is 23.8 Å². The number of benzene rings is 2. The number of nitrogens with zero attached hydrogens (tertiary/aromatic N) is 3. The summed E-state index contributed by atoms with van der Waals surface area (Å²) in [7, 11) is 0. The number of aromatic nitrogens is 3. The van der Waals surface area contributed by atoms with E-state index >= 15 is 0 Å². The van der Waals surface area contributed by atoms with Crippen LogP contribution in [0.3, 0.4) is 0 Å². The van der Waals surface area contributed by atoms with E-state index in [-0.39, 0.29) is 0 Å². The number of hydrogen-bond donors (Lipinski definition) is 2. The number of rotatable bonds is 4. The number of para-hydroxylation sites is 1. The van der Waals surface area contributed by atoms with Gasteiger partial charge in [0, 0.05) is 22.2 Å². The van der Waals surface area contributed by atoms with Crippen LogP contribution in [0.15, 0.2) is 71.0 Å². The smallest absolute Gasteiger partial charge is 0.158 e. The largest absolute Gasteiger partial charge is 0.394 e. The average molecular weight is 373 g/mol. The van der Waals surface area contributed by atoms with Crippen molar-refractivity contribution in [1.29, 1.82) is 0 Å². The van der Waals surface area contributed by atoms with Gasteiger partial charge in [0.25, 0.3) is 0 Å². The zero-order valence-electron chi connectivity index (χ0n) is 15.1. The number of aryl methyl sites for hydroxylation is 1. The molecule has 0 aliphatic heterocycles. The van der Waals surface area contributed by atoms with Crippen molar-refractivity contribution in [3.63, 3.8) is 0 Å². The highest BCUT2D eigenvalue weighted by Gasteiger charge is 2.13. The van der Waals surface area contributed by atoms with E-state index in [0.29, 0.717) is 16.5 Å². The third-order valence-electron chi connectivity index (χ3n) is 4.51. The van der Waals surface area contributed by atoms with Crippen LogP contribution in [0.5, 0.6) is 0 Å². The maximum absolute atomic E-state index is 6.38. The standard InChI is InChI=1S/C21H19N5S/c1-13-6-3-9-16(14(13)2)26-20-18(22)21(25-12-24-20)27-17-10-4-7-15-8-5-11-23-19(15)17/h3-12H,22H2,1-2H3,(H,24,25,26). The van der Waals surface area contributed by atoms with Crippen LogP contribution in [0, 0.1) is 13.8 Å². The first-order valence-corrected chi connectivity index (χ1v) is 9.40. The van der Waals surface area contributed by atoms with Gasteiger partial charge in [0.1, 0.15) is 17.0 Å². The van der Waals surface area contributed by atoms with Crippen LogP contribution in [0.1, 0.15) is 11.1 Å². The van der Waals surface area contributed by atoms with Crippen molar-refractivity contribution >= 4 is 39.9 Å². The van der Waals surface area contributed by atoms with Crippen LogP contribution < -0.4 is 11.1 Å². The predicted octanol–water partition coefficient (Wildman–Crippen LogP) is 5.12. The number of nitrogens with two attached hydrogens (primary N) is 1. The Morgan fingerprint density at radius 3 is 2.63 bits per heavy atom. The fourth-order valence-corrected chi connectivity index (χ4v) is 3.77. The van der Waals surface area contributed by atoms with Gasteiger partial charge in [0.05, 0.1) is 5.52 Å². The summed E-state index contributed by atoms with van der Waals surface area (Å²) >= 11 is 1.50. The third-order valence-corrected chi connectivity index (χ3v) is 5.58. The molecule has 2 aromatic heterocycles. The van der Waals surface area contributed by atoms with Crippen molar-refractivity contribution in [3.8, 4) is 0 Å². The van der Waals surface area contributed by atoms with E-state index in [1.807, 2.05) is 42.5 Å². The number of nitrogen functional groups attached to an aromatic ring is 1. The highest BCUT2D eigenvalue weighted by Crippen LogP contribution is 2.37. The Balaban J connectivity index is 1.69. The van der Waals surface area contributed by atoms with Crippen LogP contribution in [-0.2, 0) is 0 Å². The second-order valence-corrected chi connectivity index (χ2v) is 7.28. The molecule has 4 aromatic rings. The quantitative estimate of drug-likeness (QED) is 0.484. The number of fused-ring (bicyclic) bond motifs is 1. The van der Waals surface area contributed by atoms with Gasteiger partial charge in [-0.2, -0.15) is 0 Å². The molecule has 2 heterocycles. The minimum absolute atomic E-state index is 0.524. The molecule has 0 saturated carbocycles. The van der Waals surface area contributed by atoms with Gasteiger partial charge in [0.2, 0.25) is 0 Å². The lowest BCUT2D eigenvalue weighted by Crippen LogP contribution is -2.03. The summed E-state index contributed by atoms with van der Waals surface area (Å²) in [6.07, 6.45) is 3.33. The summed E-state index contributed by atoms with van der Waals surface area (Å²) in [5.41, 5.74) is 11.2. The van der Waals surface area contributed by atoms with Gasteiger partial charge >= 0.3 is 0 Å². The van der Waals surface area contributed by atoms with E-state index in [0.717, 1.165) is 21.5 Å². The molecule has 134 valence electrons. The normalized spacial score (nSPS) is 10.9. The highest BCUT2D eigenvalue weighted by atomic mass is 32.2. The van der Waals surface area contributed by atoms with Gasteiger partial charge in [-0.15, -0.1) is 0 Å². The lowest BCUT2D eigenvalue weighted by Gasteiger charge is -2.14. The lowest BCUT2D eigenvalue weighted by molar-refractivity contribution is 1.06. The van der Waals surface area contributed by atoms with Crippen LogP contribution in [0.25, 0.3) is 10.9 Å². The SMILES string of the molecule is Cc1cccc(Nc2ncnc(Sc3cccc4cccnc34)c2N)c1C. The van der Waals surface area contributed by atoms with E-state index in [1.54, 1.807) is 6.20 Å². The molecule has 27 heavy (non-hydrogen) atoms. The molecule has 0 spiro atoms. The van der Waals surface area contributed by atoms with Crippen molar-refractivity contribution in [1.82, 2.24) is 15.0 Å².